The summed E-state index contributed by atoms with van der Waals surface area (Å²) >= 11 is 0. The Bertz CT molecular complexity index is 1360. The molecule has 0 aliphatic heterocycles. The second kappa shape index (κ2) is 14.2. The first-order chi connectivity index (χ1) is 18.8. The summed E-state index contributed by atoms with van der Waals surface area (Å²) in [6.45, 7) is 3.93. The third-order valence-corrected chi connectivity index (χ3v) is 5.66. The summed E-state index contributed by atoms with van der Waals surface area (Å²) < 4.78 is 16.1. The number of rotatable bonds is 11. The molecule has 39 heavy (non-hydrogen) atoms. The molecular formula is C29H32N4O6. The van der Waals surface area contributed by atoms with Crippen LogP contribution < -0.4 is 30.3 Å². The topological polar surface area (TPSA) is 127 Å². The Morgan fingerprint density at radius 1 is 0.872 bits per heavy atom. The predicted octanol–water partition coefficient (Wildman–Crippen LogP) is 3.15. The molecule has 3 N–H and O–H groups in total. The molecule has 0 radical (unpaired) electrons. The second-order valence-electron chi connectivity index (χ2n) is 8.59. The molecule has 3 amide bonds. The number of hydrazone groups is 1. The van der Waals surface area contributed by atoms with Gasteiger partial charge in [0.25, 0.3) is 5.91 Å². The summed E-state index contributed by atoms with van der Waals surface area (Å²) in [6.07, 6.45) is 1.83. The first-order valence-corrected chi connectivity index (χ1v) is 12.2. The van der Waals surface area contributed by atoms with Gasteiger partial charge in [-0.25, -0.2) is 5.43 Å². The number of methoxy groups -OCH3 is 2. The molecule has 0 aromatic heterocycles. The van der Waals surface area contributed by atoms with Gasteiger partial charge in [-0.05, 0) is 61.7 Å². The van der Waals surface area contributed by atoms with Crippen LogP contribution in [-0.2, 0) is 20.8 Å². The van der Waals surface area contributed by atoms with E-state index in [0.717, 1.165) is 16.7 Å². The van der Waals surface area contributed by atoms with Crippen molar-refractivity contribution in [3.8, 4) is 17.2 Å². The molecule has 10 heteroatoms. The highest BCUT2D eigenvalue weighted by molar-refractivity contribution is 6.35. The fraction of sp³-hybridized carbons (Fsp3) is 0.241. The molecule has 3 aromatic rings. The van der Waals surface area contributed by atoms with Crippen molar-refractivity contribution in [1.82, 2.24) is 10.7 Å². The fourth-order valence-electron chi connectivity index (χ4n) is 3.65. The van der Waals surface area contributed by atoms with Crippen LogP contribution in [0.4, 0.5) is 5.69 Å². The summed E-state index contributed by atoms with van der Waals surface area (Å²) in [5, 5.41) is 9.22. The molecule has 0 aliphatic carbocycles. The van der Waals surface area contributed by atoms with Crippen LogP contribution in [0.1, 0.15) is 22.3 Å². The Morgan fingerprint density at radius 2 is 1.64 bits per heavy atom. The van der Waals surface area contributed by atoms with Gasteiger partial charge >= 0.3 is 11.8 Å². The van der Waals surface area contributed by atoms with Crippen molar-refractivity contribution < 1.29 is 28.6 Å². The number of benzene rings is 3. The van der Waals surface area contributed by atoms with Gasteiger partial charge in [-0.15, -0.1) is 0 Å². The van der Waals surface area contributed by atoms with Crippen LogP contribution in [0.15, 0.2) is 65.8 Å². The second-order valence-corrected chi connectivity index (χ2v) is 8.59. The molecule has 0 spiro atoms. The first-order valence-electron chi connectivity index (χ1n) is 12.2. The van der Waals surface area contributed by atoms with Crippen molar-refractivity contribution >= 4 is 29.6 Å². The molecule has 0 atom stereocenters. The molecule has 0 saturated heterocycles. The van der Waals surface area contributed by atoms with E-state index in [4.69, 9.17) is 14.2 Å². The van der Waals surface area contributed by atoms with E-state index in [2.05, 4.69) is 21.2 Å². The molecule has 0 saturated carbocycles. The van der Waals surface area contributed by atoms with Crippen LogP contribution in [-0.4, -0.2) is 51.3 Å². The van der Waals surface area contributed by atoms with Gasteiger partial charge in [0.1, 0.15) is 5.75 Å². The minimum atomic E-state index is -0.912. The zero-order valence-electron chi connectivity index (χ0n) is 22.4. The zero-order valence-corrected chi connectivity index (χ0v) is 22.4. The minimum Gasteiger partial charge on any atom is -0.493 e. The van der Waals surface area contributed by atoms with E-state index >= 15 is 0 Å². The maximum atomic E-state index is 12.4. The van der Waals surface area contributed by atoms with Gasteiger partial charge in [0, 0.05) is 17.8 Å². The van der Waals surface area contributed by atoms with E-state index in [0.29, 0.717) is 34.9 Å². The predicted molar refractivity (Wildman–Crippen MR) is 148 cm³/mol. The molecular weight excluding hydrogens is 500 g/mol. The lowest BCUT2D eigenvalue weighted by Gasteiger charge is -2.11. The quantitative estimate of drug-likeness (QED) is 0.198. The normalized spacial score (nSPS) is 10.6. The Labute approximate surface area is 227 Å². The third kappa shape index (κ3) is 8.60. The van der Waals surface area contributed by atoms with E-state index in [1.165, 1.54) is 6.21 Å². The molecule has 0 unspecified atom stereocenters. The number of amides is 3. The number of para-hydroxylation sites is 1. The van der Waals surface area contributed by atoms with E-state index in [1.807, 2.05) is 44.2 Å². The van der Waals surface area contributed by atoms with E-state index in [1.54, 1.807) is 44.6 Å². The number of nitrogens with one attached hydrogen (secondary N) is 3. The average molecular weight is 533 g/mol. The number of hydrogen-bond donors (Lipinski definition) is 3. The number of nitrogens with zero attached hydrogens (tertiary/aromatic N) is 1. The minimum absolute atomic E-state index is 0.215. The highest BCUT2D eigenvalue weighted by atomic mass is 16.5. The Morgan fingerprint density at radius 3 is 2.38 bits per heavy atom. The number of aryl methyl sites for hydroxylation is 2. The lowest BCUT2D eigenvalue weighted by atomic mass is 10.1. The van der Waals surface area contributed by atoms with Gasteiger partial charge in [0.2, 0.25) is 0 Å². The Hall–Kier alpha value is -4.86. The summed E-state index contributed by atoms with van der Waals surface area (Å²) in [7, 11) is 3.10. The zero-order chi connectivity index (χ0) is 28.2. The molecule has 204 valence electrons. The molecule has 3 rings (SSSR count). The smallest absolute Gasteiger partial charge is 0.329 e. The standard InChI is InChI=1S/C29H32N4O6/c1-19-9-11-23(20(2)15-19)32-27(34)18-39-24-8-6-5-7-22(24)17-31-33-29(36)28(35)30-14-13-21-10-12-25(37-3)26(16-21)38-4/h5-12,15-17H,13-14,18H2,1-4H3,(H,30,35)(H,32,34)(H,33,36)/b31-17-. The molecule has 3 aromatic carbocycles. The number of carbonyl (C=O) groups excluding carboxylic acids is 3. The van der Waals surface area contributed by atoms with Gasteiger partial charge in [-0.3, -0.25) is 14.4 Å². The number of ether oxygens (including phenoxy) is 3. The van der Waals surface area contributed by atoms with Crippen LogP contribution in [0, 0.1) is 13.8 Å². The van der Waals surface area contributed by atoms with Gasteiger partial charge in [0.05, 0.1) is 20.4 Å². The number of anilines is 1. The Kier molecular flexibility index (Phi) is 10.4. The van der Waals surface area contributed by atoms with Crippen LogP contribution >= 0.6 is 0 Å². The van der Waals surface area contributed by atoms with E-state index in [-0.39, 0.29) is 19.1 Å². The SMILES string of the molecule is COc1ccc(CCNC(=O)C(=O)N/N=C\c2ccccc2OCC(=O)Nc2ccc(C)cc2C)cc1OC. The van der Waals surface area contributed by atoms with Crippen LogP contribution in [0.5, 0.6) is 17.2 Å². The average Bonchev–Trinajstić information content (AvgIpc) is 2.93. The summed E-state index contributed by atoms with van der Waals surface area (Å²) in [6, 6.07) is 18.1. The Balaban J connectivity index is 1.47. The first kappa shape index (κ1) is 28.7. The lowest BCUT2D eigenvalue weighted by Crippen LogP contribution is -2.38. The summed E-state index contributed by atoms with van der Waals surface area (Å²) in [4.78, 5) is 36.6. The highest BCUT2D eigenvalue weighted by Gasteiger charge is 2.13. The summed E-state index contributed by atoms with van der Waals surface area (Å²) in [5.74, 6) is -0.461. The van der Waals surface area contributed by atoms with E-state index in [9.17, 15) is 14.4 Å². The van der Waals surface area contributed by atoms with Crippen LogP contribution in [0.3, 0.4) is 0 Å². The molecule has 0 aliphatic rings. The maximum absolute atomic E-state index is 12.4. The fourth-order valence-corrected chi connectivity index (χ4v) is 3.65. The number of carbonyl (C=O) groups is 3. The maximum Gasteiger partial charge on any atom is 0.329 e. The van der Waals surface area contributed by atoms with E-state index < -0.39 is 11.8 Å². The van der Waals surface area contributed by atoms with Gasteiger partial charge < -0.3 is 24.8 Å². The van der Waals surface area contributed by atoms with Gasteiger partial charge in [-0.1, -0.05) is 35.9 Å². The third-order valence-electron chi connectivity index (χ3n) is 5.66. The molecule has 0 bridgehead atoms. The highest BCUT2D eigenvalue weighted by Crippen LogP contribution is 2.27. The largest absolute Gasteiger partial charge is 0.493 e. The van der Waals surface area contributed by atoms with Crippen molar-refractivity contribution in [1.29, 1.82) is 0 Å². The monoisotopic (exact) mass is 532 g/mol. The van der Waals surface area contributed by atoms with Crippen LogP contribution in [0.2, 0.25) is 0 Å². The molecule has 10 nitrogen and oxygen atoms in total. The van der Waals surface area contributed by atoms with Gasteiger partial charge in [-0.2, -0.15) is 5.10 Å². The summed E-state index contributed by atoms with van der Waals surface area (Å²) in [5.41, 5.74) is 6.40. The van der Waals surface area contributed by atoms with Crippen molar-refractivity contribution in [3.63, 3.8) is 0 Å². The molecule has 0 heterocycles. The van der Waals surface area contributed by atoms with Gasteiger partial charge in [0.15, 0.2) is 18.1 Å². The number of hydrogen-bond acceptors (Lipinski definition) is 7. The van der Waals surface area contributed by atoms with Crippen molar-refractivity contribution in [2.75, 3.05) is 32.7 Å². The molecule has 0 fully saturated rings. The van der Waals surface area contributed by atoms with Crippen LogP contribution in [0.25, 0.3) is 0 Å². The van der Waals surface area contributed by atoms with Crippen molar-refractivity contribution in [2.45, 2.75) is 20.3 Å². The lowest BCUT2D eigenvalue weighted by molar-refractivity contribution is -0.139. The van der Waals surface area contributed by atoms with Crippen molar-refractivity contribution in [2.24, 2.45) is 5.10 Å². The van der Waals surface area contributed by atoms with Crippen molar-refractivity contribution in [3.05, 3.63) is 82.9 Å².